The molecule has 0 atom stereocenters. The number of nitrogens with two attached hydrogens (primary N) is 1. The van der Waals surface area contributed by atoms with Crippen LogP contribution >= 0.6 is 0 Å². The lowest BCUT2D eigenvalue weighted by molar-refractivity contribution is 0.0476. The second-order valence-electron chi connectivity index (χ2n) is 8.12. The Morgan fingerprint density at radius 2 is 1.88 bits per heavy atom. The van der Waals surface area contributed by atoms with Gasteiger partial charge in [-0.1, -0.05) is 26.0 Å². The highest BCUT2D eigenvalue weighted by molar-refractivity contribution is 5.92. The Hall–Kier alpha value is -2.24. The molecular formula is C19H32N4O2. The molecular weight excluding hydrogens is 316 g/mol. The van der Waals surface area contributed by atoms with E-state index in [1.54, 1.807) is 0 Å². The first-order valence-corrected chi connectivity index (χ1v) is 8.56. The molecule has 0 bridgehead atoms. The van der Waals surface area contributed by atoms with E-state index in [2.05, 4.69) is 41.6 Å². The van der Waals surface area contributed by atoms with Gasteiger partial charge in [0.2, 0.25) is 0 Å². The lowest BCUT2D eigenvalue weighted by Crippen LogP contribution is -2.48. The SMILES string of the molecule is CC(C)c1cccc(NC(N)=NCC(C)(C)NC(=O)OC(C)(C)C)c1. The summed E-state index contributed by atoms with van der Waals surface area (Å²) in [5, 5.41) is 5.89. The number of rotatable bonds is 5. The van der Waals surface area contributed by atoms with Crippen LogP contribution in [0.3, 0.4) is 0 Å². The molecule has 0 fully saturated rings. The van der Waals surface area contributed by atoms with E-state index in [1.165, 1.54) is 5.56 Å². The number of carbonyl (C=O) groups is 1. The number of nitrogens with one attached hydrogen (secondary N) is 2. The van der Waals surface area contributed by atoms with Gasteiger partial charge in [-0.2, -0.15) is 0 Å². The fourth-order valence-corrected chi connectivity index (χ4v) is 2.07. The maximum atomic E-state index is 11.9. The van der Waals surface area contributed by atoms with Crippen molar-refractivity contribution in [1.82, 2.24) is 5.32 Å². The van der Waals surface area contributed by atoms with Crippen LogP contribution in [-0.2, 0) is 4.74 Å². The summed E-state index contributed by atoms with van der Waals surface area (Å²) in [5.74, 6) is 0.747. The van der Waals surface area contributed by atoms with Crippen molar-refractivity contribution in [2.24, 2.45) is 10.7 Å². The zero-order valence-corrected chi connectivity index (χ0v) is 16.4. The van der Waals surface area contributed by atoms with E-state index < -0.39 is 17.2 Å². The summed E-state index contributed by atoms with van der Waals surface area (Å²) in [4.78, 5) is 16.2. The minimum atomic E-state index is -0.575. The van der Waals surface area contributed by atoms with Gasteiger partial charge in [-0.15, -0.1) is 0 Å². The van der Waals surface area contributed by atoms with E-state index in [-0.39, 0.29) is 0 Å². The summed E-state index contributed by atoms with van der Waals surface area (Å²) in [5.41, 5.74) is 6.98. The predicted octanol–water partition coefficient (Wildman–Crippen LogP) is 3.84. The van der Waals surface area contributed by atoms with E-state index in [4.69, 9.17) is 10.5 Å². The first kappa shape index (κ1) is 20.8. The molecule has 1 aromatic carbocycles. The molecule has 0 saturated carbocycles. The molecule has 0 saturated heterocycles. The molecule has 140 valence electrons. The Morgan fingerprint density at radius 3 is 2.44 bits per heavy atom. The standard InChI is InChI=1S/C19H32N4O2/c1-13(2)14-9-8-10-15(11-14)22-16(20)21-12-19(6,7)23-17(24)25-18(3,4)5/h8-11,13H,12H2,1-7H3,(H,23,24)(H3,20,21,22). The number of carbonyl (C=O) groups excluding carboxylic acids is 1. The van der Waals surface area contributed by atoms with Gasteiger partial charge in [0.25, 0.3) is 0 Å². The van der Waals surface area contributed by atoms with Crippen molar-refractivity contribution in [3.05, 3.63) is 29.8 Å². The quantitative estimate of drug-likeness (QED) is 0.557. The Morgan fingerprint density at radius 1 is 1.24 bits per heavy atom. The van der Waals surface area contributed by atoms with Gasteiger partial charge >= 0.3 is 6.09 Å². The summed E-state index contributed by atoms with van der Waals surface area (Å²) in [6, 6.07) is 8.06. The summed E-state index contributed by atoms with van der Waals surface area (Å²) in [6.07, 6.45) is -0.469. The van der Waals surface area contributed by atoms with Crippen molar-refractivity contribution in [2.75, 3.05) is 11.9 Å². The Balaban J connectivity index is 2.64. The Labute approximate surface area is 151 Å². The van der Waals surface area contributed by atoms with Crippen LogP contribution in [0.2, 0.25) is 0 Å². The molecule has 0 aliphatic carbocycles. The molecule has 1 rings (SSSR count). The number of hydrogen-bond acceptors (Lipinski definition) is 3. The number of alkyl carbamates (subject to hydrolysis) is 1. The van der Waals surface area contributed by atoms with Gasteiger partial charge in [-0.3, -0.25) is 4.99 Å². The average Bonchev–Trinajstić information content (AvgIpc) is 2.43. The normalized spacial score (nSPS) is 12.9. The van der Waals surface area contributed by atoms with E-state index in [9.17, 15) is 4.79 Å². The monoisotopic (exact) mass is 348 g/mol. The zero-order valence-electron chi connectivity index (χ0n) is 16.4. The van der Waals surface area contributed by atoms with Crippen LogP contribution in [-0.4, -0.2) is 29.7 Å². The van der Waals surface area contributed by atoms with Crippen molar-refractivity contribution in [3.63, 3.8) is 0 Å². The molecule has 6 heteroatoms. The van der Waals surface area contributed by atoms with Crippen molar-refractivity contribution in [2.45, 2.75) is 65.5 Å². The predicted molar refractivity (Wildman–Crippen MR) is 104 cm³/mol. The van der Waals surface area contributed by atoms with Gasteiger partial charge in [-0.25, -0.2) is 4.79 Å². The van der Waals surface area contributed by atoms with Gasteiger partial charge in [0.1, 0.15) is 5.60 Å². The van der Waals surface area contributed by atoms with Gasteiger partial charge in [0.05, 0.1) is 12.1 Å². The van der Waals surface area contributed by atoms with Crippen LogP contribution in [0.15, 0.2) is 29.3 Å². The van der Waals surface area contributed by atoms with E-state index in [1.807, 2.05) is 46.8 Å². The van der Waals surface area contributed by atoms with Crippen LogP contribution in [0, 0.1) is 0 Å². The highest BCUT2D eigenvalue weighted by atomic mass is 16.6. The smallest absolute Gasteiger partial charge is 0.408 e. The molecule has 0 aliphatic heterocycles. The van der Waals surface area contributed by atoms with Crippen molar-refractivity contribution >= 4 is 17.7 Å². The van der Waals surface area contributed by atoms with Crippen molar-refractivity contribution in [3.8, 4) is 0 Å². The second-order valence-corrected chi connectivity index (χ2v) is 8.12. The fraction of sp³-hybridized carbons (Fsp3) is 0.579. The number of aliphatic imine (C=N–C) groups is 1. The molecule has 25 heavy (non-hydrogen) atoms. The lowest BCUT2D eigenvalue weighted by atomic mass is 10.0. The number of nitrogens with zero attached hydrogens (tertiary/aromatic N) is 1. The Kier molecular flexibility index (Phi) is 6.85. The highest BCUT2D eigenvalue weighted by Crippen LogP contribution is 2.18. The molecule has 6 nitrogen and oxygen atoms in total. The zero-order chi connectivity index (χ0) is 19.3. The Bertz CT molecular complexity index is 616. The average molecular weight is 348 g/mol. The third kappa shape index (κ3) is 8.42. The number of anilines is 1. The van der Waals surface area contributed by atoms with E-state index in [0.29, 0.717) is 18.4 Å². The maximum absolute atomic E-state index is 11.9. The number of hydrogen-bond donors (Lipinski definition) is 3. The lowest BCUT2D eigenvalue weighted by Gasteiger charge is -2.27. The second kappa shape index (κ2) is 8.23. The van der Waals surface area contributed by atoms with Crippen molar-refractivity contribution < 1.29 is 9.53 Å². The van der Waals surface area contributed by atoms with Crippen molar-refractivity contribution in [1.29, 1.82) is 0 Å². The molecule has 4 N–H and O–H groups in total. The number of benzene rings is 1. The molecule has 0 aliphatic rings. The van der Waals surface area contributed by atoms with Gasteiger partial charge in [0, 0.05) is 5.69 Å². The maximum Gasteiger partial charge on any atom is 0.408 e. The fourth-order valence-electron chi connectivity index (χ4n) is 2.07. The van der Waals surface area contributed by atoms with Crippen LogP contribution < -0.4 is 16.4 Å². The minimum absolute atomic E-state index is 0.306. The third-order valence-corrected chi connectivity index (χ3v) is 3.31. The summed E-state index contributed by atoms with van der Waals surface area (Å²) >= 11 is 0. The van der Waals surface area contributed by atoms with Crippen LogP contribution in [0.5, 0.6) is 0 Å². The molecule has 0 aromatic heterocycles. The largest absolute Gasteiger partial charge is 0.444 e. The van der Waals surface area contributed by atoms with E-state index in [0.717, 1.165) is 5.69 Å². The van der Waals surface area contributed by atoms with Gasteiger partial charge < -0.3 is 21.1 Å². The number of amides is 1. The van der Waals surface area contributed by atoms with Crippen LogP contribution in [0.1, 0.15) is 59.9 Å². The summed E-state index contributed by atoms with van der Waals surface area (Å²) in [7, 11) is 0. The first-order valence-electron chi connectivity index (χ1n) is 8.56. The van der Waals surface area contributed by atoms with Gasteiger partial charge in [-0.05, 0) is 58.2 Å². The van der Waals surface area contributed by atoms with E-state index >= 15 is 0 Å². The highest BCUT2D eigenvalue weighted by Gasteiger charge is 2.24. The molecule has 0 unspecified atom stereocenters. The van der Waals surface area contributed by atoms with Crippen LogP contribution in [0.4, 0.5) is 10.5 Å². The minimum Gasteiger partial charge on any atom is -0.444 e. The summed E-state index contributed by atoms with van der Waals surface area (Å²) in [6.45, 7) is 13.8. The molecule has 0 radical (unpaired) electrons. The molecule has 0 heterocycles. The first-order chi connectivity index (χ1) is 11.4. The number of guanidine groups is 1. The molecule has 0 spiro atoms. The molecule has 1 aromatic rings. The third-order valence-electron chi connectivity index (χ3n) is 3.31. The summed E-state index contributed by atoms with van der Waals surface area (Å²) < 4.78 is 5.27. The topological polar surface area (TPSA) is 88.7 Å². The molecule has 1 amide bonds. The van der Waals surface area contributed by atoms with Gasteiger partial charge in [0.15, 0.2) is 5.96 Å². The van der Waals surface area contributed by atoms with Crippen LogP contribution in [0.25, 0.3) is 0 Å². The number of ether oxygens (including phenoxy) is 1.